The molecule has 0 radical (unpaired) electrons. The molecule has 1 aliphatic rings. The Bertz CT molecular complexity index is 1070. The number of carbonyl (C=O) groups is 2. The molecule has 31 heavy (non-hydrogen) atoms. The smallest absolute Gasteiger partial charge is 0.255 e. The van der Waals surface area contributed by atoms with Gasteiger partial charge in [-0.2, -0.15) is 0 Å². The Morgan fingerprint density at radius 1 is 1.16 bits per heavy atom. The van der Waals surface area contributed by atoms with E-state index in [1.54, 1.807) is 41.3 Å². The molecule has 0 saturated carbocycles. The van der Waals surface area contributed by atoms with Gasteiger partial charge in [-0.15, -0.1) is 0 Å². The van der Waals surface area contributed by atoms with E-state index < -0.39 is 9.84 Å². The molecule has 2 aromatic carbocycles. The van der Waals surface area contributed by atoms with Gasteiger partial charge < -0.3 is 15.0 Å². The van der Waals surface area contributed by atoms with Crippen LogP contribution in [0.4, 0.5) is 5.69 Å². The lowest BCUT2D eigenvalue weighted by Crippen LogP contribution is -2.36. The van der Waals surface area contributed by atoms with Crippen LogP contribution >= 0.6 is 0 Å². The van der Waals surface area contributed by atoms with E-state index in [4.69, 9.17) is 4.74 Å². The quantitative estimate of drug-likeness (QED) is 0.632. The van der Waals surface area contributed by atoms with Gasteiger partial charge in [-0.1, -0.05) is 12.1 Å². The molecule has 0 atom stereocenters. The Kier molecular flexibility index (Phi) is 7.33. The molecular weight excluding hydrogens is 416 g/mol. The molecule has 2 amide bonds. The van der Waals surface area contributed by atoms with Gasteiger partial charge in [0.05, 0.1) is 17.1 Å². The summed E-state index contributed by atoms with van der Waals surface area (Å²) in [5.74, 6) is 0.280. The molecule has 3 rings (SSSR count). The molecule has 0 aromatic heterocycles. The maximum Gasteiger partial charge on any atom is 0.255 e. The van der Waals surface area contributed by atoms with Crippen molar-refractivity contribution in [3.8, 4) is 5.75 Å². The predicted molar refractivity (Wildman–Crippen MR) is 119 cm³/mol. The maximum absolute atomic E-state index is 12.8. The number of anilines is 1. The van der Waals surface area contributed by atoms with E-state index in [1.807, 2.05) is 13.0 Å². The van der Waals surface area contributed by atoms with Crippen LogP contribution in [0.25, 0.3) is 0 Å². The van der Waals surface area contributed by atoms with Gasteiger partial charge in [0.2, 0.25) is 5.91 Å². The summed E-state index contributed by atoms with van der Waals surface area (Å²) in [4.78, 5) is 27.2. The fraction of sp³-hybridized carbons (Fsp3) is 0.391. The average molecular weight is 445 g/mol. The highest BCUT2D eigenvalue weighted by Gasteiger charge is 2.23. The maximum atomic E-state index is 12.8. The second-order valence-electron chi connectivity index (χ2n) is 7.50. The summed E-state index contributed by atoms with van der Waals surface area (Å²) in [5.41, 5.74) is 2.13. The van der Waals surface area contributed by atoms with E-state index in [1.165, 1.54) is 6.26 Å². The molecule has 1 heterocycles. The van der Waals surface area contributed by atoms with Crippen molar-refractivity contribution in [3.05, 3.63) is 53.6 Å². The molecule has 0 unspecified atom stereocenters. The number of carbonyl (C=O) groups excluding carboxylic acids is 2. The lowest BCUT2D eigenvalue weighted by Gasteiger charge is -2.30. The van der Waals surface area contributed by atoms with Crippen molar-refractivity contribution in [1.29, 1.82) is 0 Å². The molecule has 1 aliphatic heterocycles. The van der Waals surface area contributed by atoms with Gasteiger partial charge in [-0.25, -0.2) is 8.42 Å². The number of sulfone groups is 1. The zero-order chi connectivity index (χ0) is 22.4. The molecule has 0 aliphatic carbocycles. The second kappa shape index (κ2) is 9.96. The number of hydrogen-bond acceptors (Lipinski definition) is 5. The molecule has 7 nitrogen and oxygen atoms in total. The van der Waals surface area contributed by atoms with Crippen LogP contribution in [0.5, 0.6) is 5.75 Å². The van der Waals surface area contributed by atoms with Crippen molar-refractivity contribution in [2.45, 2.75) is 37.5 Å². The van der Waals surface area contributed by atoms with Crippen molar-refractivity contribution >= 4 is 27.3 Å². The largest absolute Gasteiger partial charge is 0.493 e. The SMILES string of the molecule is CCOc1ccccc1C(=O)NCCCC(=O)N1CCCc2cc(S(C)(=O)=O)ccc21. The molecule has 166 valence electrons. The van der Waals surface area contributed by atoms with Crippen molar-refractivity contribution in [2.24, 2.45) is 0 Å². The molecule has 1 N–H and O–H groups in total. The minimum absolute atomic E-state index is 0.0305. The molecule has 2 aromatic rings. The third kappa shape index (κ3) is 5.64. The number of ether oxygens (including phenoxy) is 1. The number of aryl methyl sites for hydroxylation is 1. The van der Waals surface area contributed by atoms with Crippen molar-refractivity contribution in [3.63, 3.8) is 0 Å². The van der Waals surface area contributed by atoms with Crippen LogP contribution in [0.1, 0.15) is 42.1 Å². The topological polar surface area (TPSA) is 92.8 Å². The highest BCUT2D eigenvalue weighted by Crippen LogP contribution is 2.30. The van der Waals surface area contributed by atoms with Crippen molar-refractivity contribution in [1.82, 2.24) is 5.32 Å². The number of benzene rings is 2. The fourth-order valence-electron chi connectivity index (χ4n) is 3.67. The molecule has 0 fully saturated rings. The van der Waals surface area contributed by atoms with Gasteiger partial charge in [0, 0.05) is 31.5 Å². The van der Waals surface area contributed by atoms with Crippen LogP contribution in [-0.4, -0.2) is 46.2 Å². The third-order valence-corrected chi connectivity index (χ3v) is 6.29. The van der Waals surface area contributed by atoms with Gasteiger partial charge >= 0.3 is 0 Å². The van der Waals surface area contributed by atoms with E-state index in [9.17, 15) is 18.0 Å². The molecular formula is C23H28N2O5S. The summed E-state index contributed by atoms with van der Waals surface area (Å²) in [6, 6.07) is 12.0. The summed E-state index contributed by atoms with van der Waals surface area (Å²) in [7, 11) is -3.28. The summed E-state index contributed by atoms with van der Waals surface area (Å²) in [6.45, 7) is 3.32. The molecule has 0 spiro atoms. The minimum Gasteiger partial charge on any atom is -0.493 e. The van der Waals surface area contributed by atoms with Gasteiger partial charge in [0.25, 0.3) is 5.91 Å². The van der Waals surface area contributed by atoms with E-state index >= 15 is 0 Å². The lowest BCUT2D eigenvalue weighted by atomic mass is 10.0. The number of rotatable bonds is 8. The zero-order valence-corrected chi connectivity index (χ0v) is 18.7. The Hall–Kier alpha value is -2.87. The Labute approximate surface area is 183 Å². The fourth-order valence-corrected chi connectivity index (χ4v) is 4.34. The monoisotopic (exact) mass is 444 g/mol. The number of nitrogens with zero attached hydrogens (tertiary/aromatic N) is 1. The van der Waals surface area contributed by atoms with E-state index in [0.29, 0.717) is 43.9 Å². The van der Waals surface area contributed by atoms with Crippen LogP contribution < -0.4 is 15.0 Å². The number of nitrogens with one attached hydrogen (secondary N) is 1. The van der Waals surface area contributed by atoms with Crippen LogP contribution in [0.2, 0.25) is 0 Å². The summed E-state index contributed by atoms with van der Waals surface area (Å²) in [6.07, 6.45) is 3.52. The molecule has 0 saturated heterocycles. The Balaban J connectivity index is 1.56. The first-order valence-corrected chi connectivity index (χ1v) is 12.3. The van der Waals surface area contributed by atoms with Gasteiger partial charge in [0.1, 0.15) is 5.75 Å². The van der Waals surface area contributed by atoms with Crippen LogP contribution in [-0.2, 0) is 21.1 Å². The van der Waals surface area contributed by atoms with Crippen LogP contribution in [0.3, 0.4) is 0 Å². The molecule has 0 bridgehead atoms. The van der Waals surface area contributed by atoms with E-state index in [2.05, 4.69) is 5.32 Å². The van der Waals surface area contributed by atoms with E-state index in [0.717, 1.165) is 24.1 Å². The Morgan fingerprint density at radius 3 is 2.68 bits per heavy atom. The predicted octanol–water partition coefficient (Wildman–Crippen LogP) is 2.98. The highest BCUT2D eigenvalue weighted by molar-refractivity contribution is 7.90. The Morgan fingerprint density at radius 2 is 1.94 bits per heavy atom. The first-order valence-electron chi connectivity index (χ1n) is 10.4. The average Bonchev–Trinajstić information content (AvgIpc) is 2.75. The van der Waals surface area contributed by atoms with Gasteiger partial charge in [0.15, 0.2) is 9.84 Å². The lowest BCUT2D eigenvalue weighted by molar-refractivity contribution is -0.118. The third-order valence-electron chi connectivity index (χ3n) is 5.18. The highest BCUT2D eigenvalue weighted by atomic mass is 32.2. The standard InChI is InChI=1S/C23H28N2O5S/c1-3-30-21-10-5-4-9-19(21)23(27)24-14-6-11-22(26)25-15-7-8-17-16-18(31(2,28)29)12-13-20(17)25/h4-5,9-10,12-13,16H,3,6-8,11,14-15H2,1-2H3,(H,24,27). The van der Waals surface area contributed by atoms with Crippen molar-refractivity contribution in [2.75, 3.05) is 30.9 Å². The van der Waals surface area contributed by atoms with E-state index in [-0.39, 0.29) is 16.7 Å². The number of hydrogen-bond donors (Lipinski definition) is 1. The normalized spacial score (nSPS) is 13.4. The molecule has 8 heteroatoms. The van der Waals surface area contributed by atoms with Gasteiger partial charge in [-0.05, 0) is 62.1 Å². The number of fused-ring (bicyclic) bond motifs is 1. The number of para-hydroxylation sites is 1. The second-order valence-corrected chi connectivity index (χ2v) is 9.52. The first kappa shape index (κ1) is 22.8. The summed E-state index contributed by atoms with van der Waals surface area (Å²) >= 11 is 0. The van der Waals surface area contributed by atoms with Crippen molar-refractivity contribution < 1.29 is 22.7 Å². The minimum atomic E-state index is -3.28. The first-order chi connectivity index (χ1) is 14.8. The van der Waals surface area contributed by atoms with Crippen LogP contribution in [0, 0.1) is 0 Å². The number of amides is 2. The van der Waals surface area contributed by atoms with Crippen LogP contribution in [0.15, 0.2) is 47.4 Å². The summed E-state index contributed by atoms with van der Waals surface area (Å²) in [5, 5.41) is 2.84. The summed E-state index contributed by atoms with van der Waals surface area (Å²) < 4.78 is 29.1. The van der Waals surface area contributed by atoms with Gasteiger partial charge in [-0.3, -0.25) is 9.59 Å². The zero-order valence-electron chi connectivity index (χ0n) is 17.9.